The van der Waals surface area contributed by atoms with Gasteiger partial charge in [-0.25, -0.2) is 0 Å². The van der Waals surface area contributed by atoms with E-state index in [-0.39, 0.29) is 10.8 Å². The first kappa shape index (κ1) is 58.0. The Labute approximate surface area is 508 Å². The zero-order valence-corrected chi connectivity index (χ0v) is 52.6. The van der Waals surface area contributed by atoms with Crippen LogP contribution in [0.15, 0.2) is 231 Å². The predicted molar refractivity (Wildman–Crippen MR) is 369 cm³/mol. The number of aryl methyl sites for hydroxylation is 10. The number of fused-ring (bicyclic) bond motifs is 11. The highest BCUT2D eigenvalue weighted by Crippen LogP contribution is 2.50. The maximum absolute atomic E-state index is 2.34. The molecule has 12 aromatic carbocycles. The Balaban J connectivity index is 0.000000111. The molecule has 0 N–H and O–H groups in total. The van der Waals surface area contributed by atoms with Crippen molar-refractivity contribution in [3.05, 3.63) is 320 Å². The molecule has 422 valence electrons. The number of benzene rings is 12. The van der Waals surface area contributed by atoms with Crippen molar-refractivity contribution >= 4 is 21.5 Å². The van der Waals surface area contributed by atoms with Gasteiger partial charge in [0.2, 0.25) is 0 Å². The molecular formula is C85H82. The summed E-state index contributed by atoms with van der Waals surface area (Å²) in [7, 11) is 0. The van der Waals surface area contributed by atoms with Crippen molar-refractivity contribution in [2.45, 2.75) is 114 Å². The molecule has 0 bridgehead atoms. The molecule has 0 saturated carbocycles. The molecule has 3 aliphatic carbocycles. The molecular weight excluding hydrogens is 1020 g/mol. The summed E-state index contributed by atoms with van der Waals surface area (Å²) in [4.78, 5) is 0. The first-order chi connectivity index (χ1) is 40.7. The summed E-state index contributed by atoms with van der Waals surface area (Å²) in [5, 5.41) is 5.29. The monoisotopic (exact) mass is 1100 g/mol. The minimum atomic E-state index is 0.142. The predicted octanol–water partition coefficient (Wildman–Crippen LogP) is 23.3. The van der Waals surface area contributed by atoms with Crippen molar-refractivity contribution < 1.29 is 0 Å². The molecule has 0 heteroatoms. The van der Waals surface area contributed by atoms with Gasteiger partial charge in [0.05, 0.1) is 0 Å². The highest BCUT2D eigenvalue weighted by Gasteiger charge is 2.36. The minimum Gasteiger partial charge on any atom is -0.0616 e. The van der Waals surface area contributed by atoms with Crippen LogP contribution in [0.25, 0.3) is 77.2 Å². The molecule has 0 unspecified atom stereocenters. The third kappa shape index (κ3) is 12.0. The molecule has 0 saturated heterocycles. The maximum Gasteiger partial charge on any atom is 0.0159 e. The first-order valence-electron chi connectivity index (χ1n) is 30.5. The van der Waals surface area contributed by atoms with Crippen molar-refractivity contribution in [1.82, 2.24) is 0 Å². The Hall–Kier alpha value is -8.84. The number of hydrogen-bond acceptors (Lipinski definition) is 0. The van der Waals surface area contributed by atoms with Crippen molar-refractivity contribution in [2.24, 2.45) is 0 Å². The van der Waals surface area contributed by atoms with Gasteiger partial charge in [0.1, 0.15) is 0 Å². The van der Waals surface area contributed by atoms with Gasteiger partial charge in [-0.2, -0.15) is 0 Å². The fourth-order valence-electron chi connectivity index (χ4n) is 13.2. The molecule has 12 aromatic rings. The van der Waals surface area contributed by atoms with Gasteiger partial charge < -0.3 is 0 Å². The summed E-state index contributed by atoms with van der Waals surface area (Å²) in [6.45, 7) is 30.8. The fraction of sp³-hybridized carbons (Fsp3) is 0.200. The Morgan fingerprint density at radius 1 is 0.235 bits per heavy atom. The van der Waals surface area contributed by atoms with E-state index in [2.05, 4.69) is 327 Å². The van der Waals surface area contributed by atoms with Gasteiger partial charge in [-0.1, -0.05) is 302 Å². The lowest BCUT2D eigenvalue weighted by Crippen LogP contribution is -2.15. The van der Waals surface area contributed by atoms with E-state index in [1.54, 1.807) is 0 Å². The Kier molecular flexibility index (Phi) is 16.1. The zero-order chi connectivity index (χ0) is 59.9. The quantitative estimate of drug-likeness (QED) is 0.162. The van der Waals surface area contributed by atoms with Gasteiger partial charge in [0.15, 0.2) is 0 Å². The molecule has 0 atom stereocenters. The largest absolute Gasteiger partial charge is 0.0616 e. The Morgan fingerprint density at radius 2 is 0.600 bits per heavy atom. The van der Waals surface area contributed by atoms with Gasteiger partial charge in [-0.05, 0) is 198 Å². The molecule has 0 spiro atoms. The van der Waals surface area contributed by atoms with Crippen LogP contribution in [0.3, 0.4) is 0 Å². The molecule has 0 amide bonds. The first-order valence-corrected chi connectivity index (χ1v) is 30.5. The van der Waals surface area contributed by atoms with Crippen LogP contribution >= 0.6 is 0 Å². The lowest BCUT2D eigenvalue weighted by Gasteiger charge is -2.22. The topological polar surface area (TPSA) is 0 Å². The third-order valence-corrected chi connectivity index (χ3v) is 18.1. The molecule has 0 aliphatic heterocycles. The number of rotatable bonds is 2. The van der Waals surface area contributed by atoms with E-state index in [0.717, 1.165) is 6.42 Å². The Bertz CT molecular complexity index is 4300. The van der Waals surface area contributed by atoms with Crippen LogP contribution in [0.2, 0.25) is 0 Å². The van der Waals surface area contributed by atoms with Crippen LogP contribution in [0.5, 0.6) is 0 Å². The summed E-state index contributed by atoms with van der Waals surface area (Å²) in [5.41, 5.74) is 36.2. The molecule has 0 nitrogen and oxygen atoms in total. The standard InChI is InChI=1S/2C18H16.2C17H18.C15H14/c1-13-3-6-15(7-4-13)17-10-9-16-11-14(2)5-8-18(16)12-17;1-13-7-10-15(11-8-13)17-12-9-14(2)16-5-3-4-6-18(16)17;1-11-5-7-15-13(9-11)14-10-12(2)6-8-16(14)17(15,3)4;1-11-5-7-13-14-8-6-12(2)10-16(14)17(3,4)15(13)9-11;1-10-3-5-14-12(7-10)9-13-8-11(2)4-6-15(13)14/h2*3-12H,1-2H3;2*5-10H,1-4H3;3-8H,9H2,1-2H3. The second-order valence-electron chi connectivity index (χ2n) is 25.7. The summed E-state index contributed by atoms with van der Waals surface area (Å²) in [6.07, 6.45) is 1.11. The summed E-state index contributed by atoms with van der Waals surface area (Å²) < 4.78 is 0. The molecule has 3 aliphatic rings. The van der Waals surface area contributed by atoms with Gasteiger partial charge in [0, 0.05) is 10.8 Å². The maximum atomic E-state index is 2.34. The van der Waals surface area contributed by atoms with Crippen LogP contribution in [-0.2, 0) is 17.3 Å². The Morgan fingerprint density at radius 3 is 1.13 bits per heavy atom. The van der Waals surface area contributed by atoms with E-state index in [4.69, 9.17) is 0 Å². The number of hydrogen-bond donors (Lipinski definition) is 0. The van der Waals surface area contributed by atoms with Crippen LogP contribution in [0.1, 0.15) is 117 Å². The summed E-state index contributed by atoms with van der Waals surface area (Å²) in [6, 6.07) is 84.6. The molecule has 0 aromatic heterocycles. The normalized spacial score (nSPS) is 13.0. The molecule has 0 radical (unpaired) electrons. The van der Waals surface area contributed by atoms with Crippen LogP contribution in [-0.4, -0.2) is 0 Å². The van der Waals surface area contributed by atoms with Gasteiger partial charge in [-0.3, -0.25) is 0 Å². The van der Waals surface area contributed by atoms with E-state index in [1.807, 2.05) is 0 Å². The van der Waals surface area contributed by atoms with Crippen LogP contribution < -0.4 is 0 Å². The zero-order valence-electron chi connectivity index (χ0n) is 52.6. The van der Waals surface area contributed by atoms with Crippen molar-refractivity contribution in [3.8, 4) is 55.6 Å². The SMILES string of the molecule is Cc1ccc(-c2ccc(C)c3ccccc23)cc1.Cc1ccc(-c2ccc3cc(C)ccc3c2)cc1.Cc1ccc2c(c1)-c1cc(C)ccc1C2(C)C.Cc1ccc2c(c1)C(C)(C)c1cc(C)ccc1-2.Cc1ccc2c(c1)Cc1cc(C)ccc1-2. The molecule has 0 heterocycles. The highest BCUT2D eigenvalue weighted by atomic mass is 14.4. The van der Waals surface area contributed by atoms with Crippen molar-refractivity contribution in [3.63, 3.8) is 0 Å². The van der Waals surface area contributed by atoms with Crippen LogP contribution in [0.4, 0.5) is 0 Å². The lowest BCUT2D eigenvalue weighted by atomic mass is 9.81. The van der Waals surface area contributed by atoms with Gasteiger partial charge >= 0.3 is 0 Å². The summed E-state index contributed by atoms with van der Waals surface area (Å²) in [5.74, 6) is 0. The van der Waals surface area contributed by atoms with E-state index in [9.17, 15) is 0 Å². The summed E-state index contributed by atoms with van der Waals surface area (Å²) >= 11 is 0. The van der Waals surface area contributed by atoms with Gasteiger partial charge in [-0.15, -0.1) is 0 Å². The van der Waals surface area contributed by atoms with Crippen LogP contribution in [0, 0.1) is 69.2 Å². The molecule has 15 rings (SSSR count). The second kappa shape index (κ2) is 23.7. The van der Waals surface area contributed by atoms with Crippen molar-refractivity contribution in [1.29, 1.82) is 0 Å². The average Bonchev–Trinajstić information content (AvgIpc) is 1.73. The van der Waals surface area contributed by atoms with E-state index < -0.39 is 0 Å². The van der Waals surface area contributed by atoms with E-state index in [0.29, 0.717) is 0 Å². The average molecular weight is 1100 g/mol. The fourth-order valence-corrected chi connectivity index (χ4v) is 13.2. The van der Waals surface area contributed by atoms with E-state index >= 15 is 0 Å². The smallest absolute Gasteiger partial charge is 0.0159 e. The minimum absolute atomic E-state index is 0.142. The molecule has 0 fully saturated rings. The second-order valence-corrected chi connectivity index (χ2v) is 25.7. The third-order valence-electron chi connectivity index (χ3n) is 18.1. The highest BCUT2D eigenvalue weighted by molar-refractivity contribution is 5.98. The van der Waals surface area contributed by atoms with Gasteiger partial charge in [0.25, 0.3) is 0 Å². The van der Waals surface area contributed by atoms with E-state index in [1.165, 1.54) is 166 Å². The molecule has 85 heavy (non-hydrogen) atoms. The van der Waals surface area contributed by atoms with Crippen molar-refractivity contribution in [2.75, 3.05) is 0 Å². The lowest BCUT2D eigenvalue weighted by molar-refractivity contribution is 0.659.